The molecule has 1 aromatic rings. The van der Waals surface area contributed by atoms with E-state index >= 15 is 0 Å². The minimum absolute atomic E-state index is 0.165. The summed E-state index contributed by atoms with van der Waals surface area (Å²) in [5.41, 5.74) is 0.937. The second-order valence-corrected chi connectivity index (χ2v) is 5.02. The first-order valence-electron chi connectivity index (χ1n) is 5.57. The van der Waals surface area contributed by atoms with E-state index in [0.29, 0.717) is 0 Å². The minimum Gasteiger partial charge on any atom is -0.491 e. The Balaban J connectivity index is 2.65. The van der Waals surface area contributed by atoms with Crippen molar-refractivity contribution in [2.24, 2.45) is 0 Å². The lowest BCUT2D eigenvalue weighted by atomic mass is 10.1. The summed E-state index contributed by atoms with van der Waals surface area (Å²) >= 11 is 1.75. The highest BCUT2D eigenvalue weighted by Crippen LogP contribution is 2.23. The Hall–Kier alpha value is -0.670. The van der Waals surface area contributed by atoms with Crippen LogP contribution < -0.4 is 4.74 Å². The van der Waals surface area contributed by atoms with Gasteiger partial charge in [-0.3, -0.25) is 0 Å². The van der Waals surface area contributed by atoms with Crippen LogP contribution in [0.4, 0.5) is 0 Å². The fourth-order valence-corrected chi connectivity index (χ4v) is 1.92. The van der Waals surface area contributed by atoms with Crippen LogP contribution in [-0.4, -0.2) is 23.2 Å². The van der Waals surface area contributed by atoms with E-state index in [9.17, 15) is 5.11 Å². The van der Waals surface area contributed by atoms with Crippen LogP contribution in [0.1, 0.15) is 31.9 Å². The highest BCUT2D eigenvalue weighted by molar-refractivity contribution is 7.98. The van der Waals surface area contributed by atoms with Gasteiger partial charge in [0, 0.05) is 0 Å². The molecule has 0 aromatic heterocycles. The Morgan fingerprint density at radius 3 is 2.75 bits per heavy atom. The van der Waals surface area contributed by atoms with E-state index in [1.807, 2.05) is 44.4 Å². The van der Waals surface area contributed by atoms with Gasteiger partial charge in [0.25, 0.3) is 0 Å². The van der Waals surface area contributed by atoms with Gasteiger partial charge in [0.2, 0.25) is 0 Å². The summed E-state index contributed by atoms with van der Waals surface area (Å²) in [6, 6.07) is 7.71. The molecule has 1 atom stereocenters. The van der Waals surface area contributed by atoms with Crippen LogP contribution in [0.3, 0.4) is 0 Å². The Bertz CT molecular complexity index is 313. The van der Waals surface area contributed by atoms with Gasteiger partial charge in [-0.2, -0.15) is 11.8 Å². The lowest BCUT2D eigenvalue weighted by Gasteiger charge is -2.14. The molecule has 3 heteroatoms. The number of aliphatic hydroxyl groups is 1. The third-order valence-electron chi connectivity index (χ3n) is 2.21. The number of thioether (sulfide) groups is 1. The number of rotatable bonds is 6. The molecule has 0 aliphatic rings. The highest BCUT2D eigenvalue weighted by atomic mass is 32.2. The quantitative estimate of drug-likeness (QED) is 0.827. The van der Waals surface area contributed by atoms with Gasteiger partial charge in [-0.15, -0.1) is 0 Å². The summed E-state index contributed by atoms with van der Waals surface area (Å²) in [6.07, 6.45) is 2.61. The maximum atomic E-state index is 9.94. The van der Waals surface area contributed by atoms with Crippen molar-refractivity contribution in [1.29, 1.82) is 0 Å². The predicted molar refractivity (Wildman–Crippen MR) is 70.2 cm³/mol. The van der Waals surface area contributed by atoms with E-state index in [2.05, 4.69) is 0 Å². The van der Waals surface area contributed by atoms with Gasteiger partial charge in [-0.1, -0.05) is 12.1 Å². The number of benzene rings is 1. The molecule has 1 rings (SSSR count). The molecule has 90 valence electrons. The van der Waals surface area contributed by atoms with Crippen molar-refractivity contribution >= 4 is 11.8 Å². The molecule has 1 unspecified atom stereocenters. The van der Waals surface area contributed by atoms with Crippen molar-refractivity contribution < 1.29 is 9.84 Å². The second-order valence-electron chi connectivity index (χ2n) is 4.04. The fourth-order valence-electron chi connectivity index (χ4n) is 1.46. The molecule has 0 saturated heterocycles. The first-order chi connectivity index (χ1) is 7.63. The first kappa shape index (κ1) is 13.4. The van der Waals surface area contributed by atoms with Gasteiger partial charge in [0.05, 0.1) is 12.2 Å². The maximum absolute atomic E-state index is 9.94. The molecule has 1 N–H and O–H groups in total. The van der Waals surface area contributed by atoms with Crippen LogP contribution in [0.2, 0.25) is 0 Å². The molecule has 0 radical (unpaired) electrons. The van der Waals surface area contributed by atoms with E-state index in [1.165, 1.54) is 0 Å². The van der Waals surface area contributed by atoms with Crippen LogP contribution in [-0.2, 0) is 0 Å². The van der Waals surface area contributed by atoms with E-state index in [4.69, 9.17) is 4.74 Å². The largest absolute Gasteiger partial charge is 0.491 e. The van der Waals surface area contributed by atoms with Crippen LogP contribution in [0, 0.1) is 0 Å². The summed E-state index contributed by atoms with van der Waals surface area (Å²) in [6.45, 7) is 3.99. The van der Waals surface area contributed by atoms with Gasteiger partial charge in [0.1, 0.15) is 5.75 Å². The molecular formula is C13H20O2S. The molecule has 0 heterocycles. The van der Waals surface area contributed by atoms with E-state index in [0.717, 1.165) is 23.5 Å². The zero-order valence-electron chi connectivity index (χ0n) is 10.1. The SMILES string of the molecule is CSCCC(O)c1cccc(OC(C)C)c1. The normalized spacial score (nSPS) is 12.8. The minimum atomic E-state index is -0.386. The monoisotopic (exact) mass is 240 g/mol. The molecule has 0 bridgehead atoms. The lowest BCUT2D eigenvalue weighted by molar-refractivity contribution is 0.173. The van der Waals surface area contributed by atoms with E-state index < -0.39 is 0 Å². The van der Waals surface area contributed by atoms with Crippen molar-refractivity contribution in [2.75, 3.05) is 12.0 Å². The maximum Gasteiger partial charge on any atom is 0.120 e. The third kappa shape index (κ3) is 4.45. The van der Waals surface area contributed by atoms with Crippen molar-refractivity contribution in [3.05, 3.63) is 29.8 Å². The third-order valence-corrected chi connectivity index (χ3v) is 2.85. The molecule has 2 nitrogen and oxygen atoms in total. The van der Waals surface area contributed by atoms with Gasteiger partial charge < -0.3 is 9.84 Å². The molecular weight excluding hydrogens is 220 g/mol. The first-order valence-corrected chi connectivity index (χ1v) is 6.96. The van der Waals surface area contributed by atoms with Gasteiger partial charge >= 0.3 is 0 Å². The van der Waals surface area contributed by atoms with Crippen molar-refractivity contribution in [3.8, 4) is 5.75 Å². The van der Waals surface area contributed by atoms with Gasteiger partial charge in [-0.25, -0.2) is 0 Å². The zero-order valence-corrected chi connectivity index (χ0v) is 11.0. The summed E-state index contributed by atoms with van der Waals surface area (Å²) in [5, 5.41) is 9.94. The molecule has 0 aliphatic carbocycles. The Kier molecular flexibility index (Phi) is 5.71. The van der Waals surface area contributed by atoms with Gasteiger partial charge in [-0.05, 0) is 50.0 Å². The van der Waals surface area contributed by atoms with Crippen LogP contribution in [0.15, 0.2) is 24.3 Å². The molecule has 0 aliphatic heterocycles. The smallest absolute Gasteiger partial charge is 0.120 e. The van der Waals surface area contributed by atoms with E-state index in [-0.39, 0.29) is 12.2 Å². The summed E-state index contributed by atoms with van der Waals surface area (Å²) < 4.78 is 5.59. The Labute approximate surface area is 102 Å². The molecule has 0 fully saturated rings. The molecule has 0 spiro atoms. The number of hydrogen-bond donors (Lipinski definition) is 1. The number of ether oxygens (including phenoxy) is 1. The summed E-state index contributed by atoms with van der Waals surface area (Å²) in [4.78, 5) is 0. The Morgan fingerprint density at radius 1 is 1.38 bits per heavy atom. The average Bonchev–Trinajstić information content (AvgIpc) is 2.25. The fraction of sp³-hybridized carbons (Fsp3) is 0.538. The van der Waals surface area contributed by atoms with Crippen LogP contribution in [0.5, 0.6) is 5.75 Å². The molecule has 0 saturated carbocycles. The van der Waals surface area contributed by atoms with Crippen LogP contribution >= 0.6 is 11.8 Å². The summed E-state index contributed by atoms with van der Waals surface area (Å²) in [5.74, 6) is 1.80. The lowest BCUT2D eigenvalue weighted by Crippen LogP contribution is -2.06. The van der Waals surface area contributed by atoms with Crippen molar-refractivity contribution in [1.82, 2.24) is 0 Å². The standard InChI is InChI=1S/C13H20O2S/c1-10(2)15-12-6-4-5-11(9-12)13(14)7-8-16-3/h4-6,9-10,13-14H,7-8H2,1-3H3. The summed E-state index contributed by atoms with van der Waals surface area (Å²) in [7, 11) is 0. The van der Waals surface area contributed by atoms with E-state index in [1.54, 1.807) is 11.8 Å². The predicted octanol–water partition coefficient (Wildman–Crippen LogP) is 3.26. The molecule has 1 aromatic carbocycles. The molecule has 16 heavy (non-hydrogen) atoms. The topological polar surface area (TPSA) is 29.5 Å². The van der Waals surface area contributed by atoms with Crippen molar-refractivity contribution in [2.45, 2.75) is 32.5 Å². The van der Waals surface area contributed by atoms with Crippen LogP contribution in [0.25, 0.3) is 0 Å². The number of hydrogen-bond acceptors (Lipinski definition) is 3. The number of aliphatic hydroxyl groups excluding tert-OH is 1. The average molecular weight is 240 g/mol. The molecule has 0 amide bonds. The Morgan fingerprint density at radius 2 is 2.12 bits per heavy atom. The van der Waals surface area contributed by atoms with Crippen molar-refractivity contribution in [3.63, 3.8) is 0 Å². The van der Waals surface area contributed by atoms with Gasteiger partial charge in [0.15, 0.2) is 0 Å². The second kappa shape index (κ2) is 6.81. The zero-order chi connectivity index (χ0) is 12.0. The highest BCUT2D eigenvalue weighted by Gasteiger charge is 2.08.